The van der Waals surface area contributed by atoms with Crippen LogP contribution in [-0.2, 0) is 0 Å². The summed E-state index contributed by atoms with van der Waals surface area (Å²) in [6, 6.07) is 0. The van der Waals surface area contributed by atoms with E-state index < -0.39 is 0 Å². The first kappa shape index (κ1) is 12.2. The molecular formula is C12H19N3OS. The van der Waals surface area contributed by atoms with Gasteiger partial charge in [-0.25, -0.2) is 0 Å². The third-order valence-corrected chi connectivity index (χ3v) is 4.33. The second-order valence-corrected chi connectivity index (χ2v) is 5.93. The maximum Gasteiger partial charge on any atom is 0.265 e. The van der Waals surface area contributed by atoms with E-state index in [1.807, 2.05) is 14.1 Å². The maximum absolute atomic E-state index is 12.0. The number of rotatable bonds is 3. The fraction of sp³-hybridized carbons (Fsp3) is 0.583. The number of hydrogen-bond acceptors (Lipinski definition) is 4. The zero-order chi connectivity index (χ0) is 12.7. The molecule has 1 aromatic rings. The van der Waals surface area contributed by atoms with E-state index in [-0.39, 0.29) is 5.91 Å². The lowest BCUT2D eigenvalue weighted by Crippen LogP contribution is -2.21. The van der Waals surface area contributed by atoms with Gasteiger partial charge >= 0.3 is 0 Å². The molecule has 5 heteroatoms. The highest BCUT2D eigenvalue weighted by molar-refractivity contribution is 7.18. The van der Waals surface area contributed by atoms with Crippen LogP contribution in [0.3, 0.4) is 0 Å². The summed E-state index contributed by atoms with van der Waals surface area (Å²) in [5.41, 5.74) is 8.04. The summed E-state index contributed by atoms with van der Waals surface area (Å²) in [4.78, 5) is 16.4. The second kappa shape index (κ2) is 4.22. The molecule has 0 radical (unpaired) electrons. The molecule has 0 saturated heterocycles. The molecule has 2 N–H and O–H groups in total. The van der Waals surface area contributed by atoms with Crippen molar-refractivity contribution < 1.29 is 4.79 Å². The molecule has 94 valence electrons. The van der Waals surface area contributed by atoms with E-state index in [1.165, 1.54) is 29.7 Å². The lowest BCUT2D eigenvalue weighted by Gasteiger charge is -2.12. The zero-order valence-electron chi connectivity index (χ0n) is 10.8. The van der Waals surface area contributed by atoms with Gasteiger partial charge in [-0.2, -0.15) is 0 Å². The van der Waals surface area contributed by atoms with Gasteiger partial charge < -0.3 is 15.5 Å². The molecule has 0 spiro atoms. The highest BCUT2D eigenvalue weighted by atomic mass is 32.1. The Bertz CT molecular complexity index is 447. The third kappa shape index (κ3) is 2.11. The number of nitrogens with zero attached hydrogens (tertiary/aromatic N) is 2. The Morgan fingerprint density at radius 2 is 1.88 bits per heavy atom. The van der Waals surface area contributed by atoms with Crippen molar-refractivity contribution in [1.82, 2.24) is 4.90 Å². The van der Waals surface area contributed by atoms with Gasteiger partial charge in [0.25, 0.3) is 5.91 Å². The molecule has 1 aromatic heterocycles. The lowest BCUT2D eigenvalue weighted by molar-refractivity contribution is 0.0833. The van der Waals surface area contributed by atoms with Crippen LogP contribution in [-0.4, -0.2) is 39.0 Å². The highest BCUT2D eigenvalue weighted by Gasteiger charge is 2.33. The first-order valence-electron chi connectivity index (χ1n) is 5.74. The van der Waals surface area contributed by atoms with Crippen molar-refractivity contribution in [3.63, 3.8) is 0 Å². The molecule has 1 aliphatic carbocycles. The molecule has 4 nitrogen and oxygen atoms in total. The van der Waals surface area contributed by atoms with Crippen LogP contribution in [0.4, 0.5) is 10.7 Å². The lowest BCUT2D eigenvalue weighted by atomic mass is 10.1. The van der Waals surface area contributed by atoms with Crippen molar-refractivity contribution in [2.75, 3.05) is 38.8 Å². The van der Waals surface area contributed by atoms with Crippen molar-refractivity contribution in [3.05, 3.63) is 10.4 Å². The predicted octanol–water partition coefficient (Wildman–Crippen LogP) is 1.98. The number of carbonyl (C=O) groups is 1. The number of anilines is 2. The van der Waals surface area contributed by atoms with Gasteiger partial charge in [0.1, 0.15) is 4.88 Å². The Hall–Kier alpha value is -1.23. The molecule has 1 aliphatic rings. The summed E-state index contributed by atoms with van der Waals surface area (Å²) in [7, 11) is 7.52. The van der Waals surface area contributed by atoms with E-state index in [4.69, 9.17) is 5.73 Å². The molecule has 0 bridgehead atoms. The topological polar surface area (TPSA) is 49.6 Å². The average molecular weight is 253 g/mol. The van der Waals surface area contributed by atoms with Crippen molar-refractivity contribution in [1.29, 1.82) is 0 Å². The van der Waals surface area contributed by atoms with Gasteiger partial charge in [0, 0.05) is 33.8 Å². The number of carbonyl (C=O) groups excluding carboxylic acids is 1. The fourth-order valence-electron chi connectivity index (χ4n) is 1.90. The van der Waals surface area contributed by atoms with Gasteiger partial charge in [-0.3, -0.25) is 4.79 Å². The van der Waals surface area contributed by atoms with Gasteiger partial charge in [-0.15, -0.1) is 11.3 Å². The first-order valence-corrected chi connectivity index (χ1v) is 6.56. The fourth-order valence-corrected chi connectivity index (χ4v) is 3.16. The van der Waals surface area contributed by atoms with Crippen LogP contribution >= 0.6 is 11.3 Å². The standard InChI is InChI=1S/C12H19N3OS/c1-14(2)11(16)10-9(13)8(7-5-6-7)12(17-10)15(3)4/h7H,5-6,13H2,1-4H3. The van der Waals surface area contributed by atoms with E-state index in [0.29, 0.717) is 16.5 Å². The molecule has 2 rings (SSSR count). The minimum Gasteiger partial charge on any atom is -0.397 e. The molecule has 0 unspecified atom stereocenters. The summed E-state index contributed by atoms with van der Waals surface area (Å²) in [5.74, 6) is 0.565. The van der Waals surface area contributed by atoms with Crippen LogP contribution in [0.15, 0.2) is 0 Å². The first-order chi connectivity index (χ1) is 7.93. The summed E-state index contributed by atoms with van der Waals surface area (Å²) >= 11 is 1.51. The minimum absolute atomic E-state index is 0.00231. The molecule has 1 fully saturated rings. The third-order valence-electron chi connectivity index (χ3n) is 2.96. The number of nitrogens with two attached hydrogens (primary N) is 1. The number of amides is 1. The number of thiophene rings is 1. The predicted molar refractivity (Wildman–Crippen MR) is 73.1 cm³/mol. The Morgan fingerprint density at radius 1 is 1.29 bits per heavy atom. The van der Waals surface area contributed by atoms with Crippen LogP contribution in [0.25, 0.3) is 0 Å². The molecule has 0 aliphatic heterocycles. The van der Waals surface area contributed by atoms with Gasteiger partial charge in [-0.1, -0.05) is 0 Å². The molecule has 17 heavy (non-hydrogen) atoms. The van der Waals surface area contributed by atoms with Crippen LogP contribution < -0.4 is 10.6 Å². The molecule has 0 atom stereocenters. The Morgan fingerprint density at radius 3 is 2.29 bits per heavy atom. The molecule has 1 amide bonds. The molecule has 1 heterocycles. The maximum atomic E-state index is 12.0. The van der Waals surface area contributed by atoms with Gasteiger partial charge in [0.05, 0.1) is 10.7 Å². The molecular weight excluding hydrogens is 234 g/mol. The smallest absolute Gasteiger partial charge is 0.265 e. The number of nitrogen functional groups attached to an aromatic ring is 1. The molecule has 1 saturated carbocycles. The minimum atomic E-state index is 0.00231. The van der Waals surface area contributed by atoms with Gasteiger partial charge in [0.2, 0.25) is 0 Å². The zero-order valence-corrected chi connectivity index (χ0v) is 11.6. The van der Waals surface area contributed by atoms with Crippen molar-refractivity contribution in [2.24, 2.45) is 0 Å². The van der Waals surface area contributed by atoms with E-state index in [9.17, 15) is 4.79 Å². The van der Waals surface area contributed by atoms with E-state index in [2.05, 4.69) is 4.90 Å². The quantitative estimate of drug-likeness (QED) is 0.896. The van der Waals surface area contributed by atoms with E-state index in [1.54, 1.807) is 19.0 Å². The number of hydrogen-bond donors (Lipinski definition) is 1. The van der Waals surface area contributed by atoms with Crippen LogP contribution in [0.5, 0.6) is 0 Å². The highest BCUT2D eigenvalue weighted by Crippen LogP contribution is 2.51. The molecule has 0 aromatic carbocycles. The van der Waals surface area contributed by atoms with Gasteiger partial charge in [-0.05, 0) is 18.8 Å². The summed E-state index contributed by atoms with van der Waals surface area (Å²) < 4.78 is 0. The SMILES string of the molecule is CN(C)C(=O)c1sc(N(C)C)c(C2CC2)c1N. The van der Waals surface area contributed by atoms with E-state index >= 15 is 0 Å². The Labute approximate surface area is 106 Å². The Kier molecular flexibility index (Phi) is 3.03. The monoisotopic (exact) mass is 253 g/mol. The average Bonchev–Trinajstić information content (AvgIpc) is 3.01. The van der Waals surface area contributed by atoms with Crippen LogP contribution in [0.1, 0.15) is 34.0 Å². The van der Waals surface area contributed by atoms with Crippen LogP contribution in [0, 0.1) is 0 Å². The largest absolute Gasteiger partial charge is 0.397 e. The van der Waals surface area contributed by atoms with Crippen molar-refractivity contribution >= 4 is 27.9 Å². The Balaban J connectivity index is 2.48. The van der Waals surface area contributed by atoms with Crippen LogP contribution in [0.2, 0.25) is 0 Å². The van der Waals surface area contributed by atoms with E-state index in [0.717, 1.165) is 5.00 Å². The second-order valence-electron chi connectivity index (χ2n) is 4.93. The summed E-state index contributed by atoms with van der Waals surface area (Å²) in [6.45, 7) is 0. The van der Waals surface area contributed by atoms with Gasteiger partial charge in [0.15, 0.2) is 0 Å². The van der Waals surface area contributed by atoms with Crippen molar-refractivity contribution in [2.45, 2.75) is 18.8 Å². The van der Waals surface area contributed by atoms with Crippen molar-refractivity contribution in [3.8, 4) is 0 Å². The normalized spacial score (nSPS) is 14.8. The summed E-state index contributed by atoms with van der Waals surface area (Å²) in [6.07, 6.45) is 2.38. The summed E-state index contributed by atoms with van der Waals surface area (Å²) in [5, 5.41) is 1.13.